The van der Waals surface area contributed by atoms with Crippen molar-refractivity contribution in [1.82, 2.24) is 0 Å². The van der Waals surface area contributed by atoms with Crippen LogP contribution in [0, 0.1) is 0 Å². The Balaban J connectivity index is 2.45. The Kier molecular flexibility index (Phi) is 6.51. The summed E-state index contributed by atoms with van der Waals surface area (Å²) in [5.74, 6) is 0.626. The monoisotopic (exact) mass is 121 g/mol. The highest BCUT2D eigenvalue weighted by Crippen LogP contribution is 1.97. The largest absolute Gasteiger partial charge is 0.396 e. The molecule has 0 aliphatic heterocycles. The first kappa shape index (κ1) is 7.27. The lowest BCUT2D eigenvalue weighted by Gasteiger charge is -1.87. The molecule has 0 aromatic heterocycles. The molecule has 7 heavy (non-hydrogen) atoms. The van der Waals surface area contributed by atoms with Crippen molar-refractivity contribution in [2.75, 3.05) is 12.4 Å². The van der Waals surface area contributed by atoms with Gasteiger partial charge >= 0.3 is 0 Å². The molecule has 0 unspecified atom stereocenters. The van der Waals surface area contributed by atoms with Crippen molar-refractivity contribution in [3.05, 3.63) is 0 Å². The van der Waals surface area contributed by atoms with Crippen molar-refractivity contribution >= 4 is 12.0 Å². The fraction of sp³-hybridized carbons (Fsp3) is 1.00. The minimum atomic E-state index is 0.209. The van der Waals surface area contributed by atoms with Crippen LogP contribution in [0.4, 0.5) is 0 Å². The highest BCUT2D eigenvalue weighted by atomic mass is 32.2. The van der Waals surface area contributed by atoms with Gasteiger partial charge in [0.05, 0.1) is 0 Å². The summed E-state index contributed by atoms with van der Waals surface area (Å²) in [5.41, 5.74) is 0. The van der Waals surface area contributed by atoms with Crippen LogP contribution in [0.3, 0.4) is 0 Å². The maximum atomic E-state index is 9.64. The summed E-state index contributed by atoms with van der Waals surface area (Å²) in [7, 11) is 0. The Hall–Kier alpha value is 0.270. The first-order chi connectivity index (χ1) is 3.41. The summed E-state index contributed by atoms with van der Waals surface area (Å²) in [5, 5.41) is 8.18. The fourth-order valence-electron chi connectivity index (χ4n) is 0.273. The third-order valence-electron chi connectivity index (χ3n) is 0.636. The van der Waals surface area contributed by atoms with Crippen molar-refractivity contribution in [2.45, 2.75) is 12.8 Å². The molecule has 43 valence electrons. The van der Waals surface area contributed by atoms with Crippen LogP contribution in [0.5, 0.6) is 0 Å². The molecule has 0 amide bonds. The van der Waals surface area contributed by atoms with E-state index in [-0.39, 0.29) is 6.61 Å². The van der Waals surface area contributed by atoms with Crippen molar-refractivity contribution in [2.24, 2.45) is 0 Å². The van der Waals surface area contributed by atoms with E-state index in [4.69, 9.17) is 5.11 Å². The van der Waals surface area contributed by atoms with Crippen LogP contribution in [0.1, 0.15) is 12.8 Å². The summed E-state index contributed by atoms with van der Waals surface area (Å²) >= 11 is 0.580. The molecule has 0 spiro atoms. The molecule has 0 bridgehead atoms. The molecular formula is C4H9O2S. The number of hydrogen-bond acceptors (Lipinski definition) is 2. The third kappa shape index (κ3) is 6.27. The summed E-state index contributed by atoms with van der Waals surface area (Å²) in [6, 6.07) is 0. The SMILES string of the molecule is [O]SCCCCO. The van der Waals surface area contributed by atoms with E-state index in [0.29, 0.717) is 17.8 Å². The molecule has 2 nitrogen and oxygen atoms in total. The smallest absolute Gasteiger partial charge is 0.0431 e. The van der Waals surface area contributed by atoms with E-state index in [9.17, 15) is 4.55 Å². The Morgan fingerprint density at radius 1 is 1.43 bits per heavy atom. The van der Waals surface area contributed by atoms with Crippen LogP contribution in [-0.2, 0) is 4.55 Å². The minimum absolute atomic E-state index is 0.209. The van der Waals surface area contributed by atoms with Gasteiger partial charge in [0.15, 0.2) is 0 Å². The van der Waals surface area contributed by atoms with Gasteiger partial charge in [-0.3, -0.25) is 0 Å². The molecule has 0 aromatic carbocycles. The van der Waals surface area contributed by atoms with Crippen molar-refractivity contribution in [3.63, 3.8) is 0 Å². The second kappa shape index (κ2) is 6.27. The van der Waals surface area contributed by atoms with Gasteiger partial charge in [-0.05, 0) is 12.8 Å². The van der Waals surface area contributed by atoms with Gasteiger partial charge in [-0.25, -0.2) is 0 Å². The van der Waals surface area contributed by atoms with Crippen molar-refractivity contribution in [1.29, 1.82) is 0 Å². The minimum Gasteiger partial charge on any atom is -0.396 e. The summed E-state index contributed by atoms with van der Waals surface area (Å²) in [6.45, 7) is 0.209. The molecule has 0 saturated heterocycles. The van der Waals surface area contributed by atoms with E-state index >= 15 is 0 Å². The molecule has 0 heterocycles. The van der Waals surface area contributed by atoms with E-state index in [0.717, 1.165) is 12.8 Å². The van der Waals surface area contributed by atoms with Crippen LogP contribution in [0.2, 0.25) is 0 Å². The van der Waals surface area contributed by atoms with Gasteiger partial charge in [0, 0.05) is 24.4 Å². The lowest BCUT2D eigenvalue weighted by Crippen LogP contribution is -1.83. The zero-order valence-electron chi connectivity index (χ0n) is 4.09. The number of aliphatic hydroxyl groups excluding tert-OH is 1. The van der Waals surface area contributed by atoms with Gasteiger partial charge < -0.3 is 5.11 Å². The van der Waals surface area contributed by atoms with Gasteiger partial charge in [0.25, 0.3) is 0 Å². The number of unbranched alkanes of at least 4 members (excludes halogenated alkanes) is 1. The van der Waals surface area contributed by atoms with E-state index in [1.54, 1.807) is 0 Å². The standard InChI is InChI=1S/C4H9O2S/c5-3-1-2-4-7-6/h5H,1-4H2. The Labute approximate surface area is 47.8 Å². The van der Waals surface area contributed by atoms with Gasteiger partial charge in [-0.2, -0.15) is 4.55 Å². The van der Waals surface area contributed by atoms with E-state index < -0.39 is 0 Å². The zero-order chi connectivity index (χ0) is 5.54. The average molecular weight is 121 g/mol. The first-order valence-electron chi connectivity index (χ1n) is 2.27. The van der Waals surface area contributed by atoms with E-state index in [1.807, 2.05) is 0 Å². The normalized spacial score (nSPS) is 9.43. The Morgan fingerprint density at radius 3 is 2.57 bits per heavy atom. The van der Waals surface area contributed by atoms with Crippen molar-refractivity contribution < 1.29 is 9.66 Å². The maximum Gasteiger partial charge on any atom is 0.0431 e. The zero-order valence-corrected chi connectivity index (χ0v) is 4.91. The molecular weight excluding hydrogens is 112 g/mol. The molecule has 0 atom stereocenters. The highest BCUT2D eigenvalue weighted by molar-refractivity contribution is 7.93. The third-order valence-corrected chi connectivity index (χ3v) is 1.09. The molecule has 0 aliphatic rings. The predicted octanol–water partition coefficient (Wildman–Crippen LogP) is 0.838. The Morgan fingerprint density at radius 2 is 2.14 bits per heavy atom. The number of hydrogen-bond donors (Lipinski definition) is 1. The lowest BCUT2D eigenvalue weighted by atomic mass is 10.4. The molecule has 1 N–H and O–H groups in total. The van der Waals surface area contributed by atoms with Gasteiger partial charge in [0.2, 0.25) is 0 Å². The topological polar surface area (TPSA) is 40.1 Å². The van der Waals surface area contributed by atoms with Crippen LogP contribution < -0.4 is 0 Å². The maximum absolute atomic E-state index is 9.64. The van der Waals surface area contributed by atoms with Gasteiger partial charge in [-0.15, -0.1) is 0 Å². The Bertz CT molecular complexity index is 28.9. The second-order valence-corrected chi connectivity index (χ2v) is 1.90. The quantitative estimate of drug-likeness (QED) is 0.442. The molecule has 0 aromatic rings. The van der Waals surface area contributed by atoms with Crippen LogP contribution in [0.15, 0.2) is 0 Å². The molecule has 0 fully saturated rings. The summed E-state index contributed by atoms with van der Waals surface area (Å²) < 4.78 is 9.64. The van der Waals surface area contributed by atoms with Gasteiger partial charge in [0.1, 0.15) is 0 Å². The molecule has 1 radical (unpaired) electrons. The fourth-order valence-corrected chi connectivity index (χ4v) is 0.595. The van der Waals surface area contributed by atoms with E-state index in [2.05, 4.69) is 0 Å². The summed E-state index contributed by atoms with van der Waals surface area (Å²) in [6.07, 6.45) is 1.60. The van der Waals surface area contributed by atoms with Gasteiger partial charge in [-0.1, -0.05) is 0 Å². The predicted molar refractivity (Wildman–Crippen MR) is 29.5 cm³/mol. The molecule has 0 saturated carbocycles. The van der Waals surface area contributed by atoms with Crippen LogP contribution in [0.25, 0.3) is 0 Å². The molecule has 0 aliphatic carbocycles. The molecule has 0 rings (SSSR count). The number of aliphatic hydroxyl groups is 1. The summed E-state index contributed by atoms with van der Waals surface area (Å²) in [4.78, 5) is 0. The van der Waals surface area contributed by atoms with Crippen LogP contribution in [-0.4, -0.2) is 17.5 Å². The number of rotatable bonds is 4. The first-order valence-corrected chi connectivity index (χ1v) is 3.18. The highest BCUT2D eigenvalue weighted by Gasteiger charge is 1.83. The second-order valence-electron chi connectivity index (χ2n) is 1.25. The molecule has 3 heteroatoms. The van der Waals surface area contributed by atoms with Crippen molar-refractivity contribution in [3.8, 4) is 0 Å². The van der Waals surface area contributed by atoms with Crippen LogP contribution >= 0.6 is 12.0 Å². The van der Waals surface area contributed by atoms with E-state index in [1.165, 1.54) is 0 Å². The average Bonchev–Trinajstić information content (AvgIpc) is 1.69. The lowest BCUT2D eigenvalue weighted by molar-refractivity contribution is 0.287.